The average molecular weight is 469 g/mol. The van der Waals surface area contributed by atoms with Gasteiger partial charge in [-0.05, 0) is 59.0 Å². The Balaban J connectivity index is 1.60. The van der Waals surface area contributed by atoms with Crippen LogP contribution in [0.25, 0.3) is 0 Å². The summed E-state index contributed by atoms with van der Waals surface area (Å²) in [4.78, 5) is 4.82. The molecule has 0 heterocycles. The van der Waals surface area contributed by atoms with E-state index in [4.69, 9.17) is 0 Å². The lowest BCUT2D eigenvalue weighted by Crippen LogP contribution is -2.30. The zero-order chi connectivity index (χ0) is 24.0. The number of hydrogen-bond acceptors (Lipinski definition) is 3. The molecule has 0 amide bonds. The maximum absolute atomic E-state index is 13.5. The highest BCUT2D eigenvalue weighted by Crippen LogP contribution is 2.28. The Bertz CT molecular complexity index is 1330. The molecular formula is C29H28N2O2S. The fourth-order valence-electron chi connectivity index (χ4n) is 3.60. The van der Waals surface area contributed by atoms with Crippen molar-refractivity contribution in [3.05, 3.63) is 126 Å². The first kappa shape index (κ1) is 23.5. The van der Waals surface area contributed by atoms with Crippen LogP contribution in [-0.2, 0) is 16.6 Å². The van der Waals surface area contributed by atoms with Crippen molar-refractivity contribution in [2.75, 3.05) is 4.31 Å². The van der Waals surface area contributed by atoms with Crippen molar-refractivity contribution in [3.8, 4) is 0 Å². The van der Waals surface area contributed by atoms with Crippen LogP contribution in [0.15, 0.2) is 119 Å². The molecule has 4 rings (SSSR count). The molecule has 34 heavy (non-hydrogen) atoms. The van der Waals surface area contributed by atoms with E-state index < -0.39 is 10.0 Å². The van der Waals surface area contributed by atoms with E-state index in [0.717, 1.165) is 16.8 Å². The minimum Gasteiger partial charge on any atom is -0.262 e. The Labute approximate surface area is 202 Å². The largest absolute Gasteiger partial charge is 0.264 e. The highest BCUT2D eigenvalue weighted by atomic mass is 32.2. The molecular weight excluding hydrogens is 440 g/mol. The van der Waals surface area contributed by atoms with E-state index in [1.165, 1.54) is 9.87 Å². The number of rotatable bonds is 8. The molecule has 0 aromatic heterocycles. The number of benzene rings is 4. The van der Waals surface area contributed by atoms with Gasteiger partial charge in [0.05, 0.1) is 22.8 Å². The number of nitrogens with zero attached hydrogens (tertiary/aromatic N) is 2. The van der Waals surface area contributed by atoms with Crippen LogP contribution in [0.1, 0.15) is 36.5 Å². The van der Waals surface area contributed by atoms with E-state index in [9.17, 15) is 8.42 Å². The Hall–Kier alpha value is -3.70. The van der Waals surface area contributed by atoms with Crippen molar-refractivity contribution >= 4 is 27.6 Å². The van der Waals surface area contributed by atoms with Crippen LogP contribution in [-0.4, -0.2) is 14.6 Å². The molecule has 0 spiro atoms. The minimum atomic E-state index is -3.74. The predicted molar refractivity (Wildman–Crippen MR) is 140 cm³/mol. The molecule has 0 aliphatic heterocycles. The van der Waals surface area contributed by atoms with Crippen molar-refractivity contribution in [2.45, 2.75) is 31.2 Å². The van der Waals surface area contributed by atoms with Gasteiger partial charge >= 0.3 is 0 Å². The fraction of sp³-hybridized carbons (Fsp3) is 0.138. The molecule has 0 fully saturated rings. The van der Waals surface area contributed by atoms with Crippen LogP contribution in [0.4, 0.5) is 11.4 Å². The summed E-state index contributed by atoms with van der Waals surface area (Å²) >= 11 is 0. The molecule has 172 valence electrons. The van der Waals surface area contributed by atoms with Gasteiger partial charge in [0.1, 0.15) is 0 Å². The number of anilines is 1. The second-order valence-electron chi connectivity index (χ2n) is 8.41. The van der Waals surface area contributed by atoms with E-state index >= 15 is 0 Å². The SMILES string of the molecule is CC(C)c1ccc(C=Nc2ccc(N(Cc3ccccc3)S(=O)(=O)c3ccccc3)cc2)cc1. The van der Waals surface area contributed by atoms with Gasteiger partial charge in [0.15, 0.2) is 0 Å². The third kappa shape index (κ3) is 5.61. The van der Waals surface area contributed by atoms with Gasteiger partial charge in [-0.3, -0.25) is 9.30 Å². The molecule has 0 atom stereocenters. The topological polar surface area (TPSA) is 49.7 Å². The third-order valence-corrected chi connectivity index (χ3v) is 7.39. The van der Waals surface area contributed by atoms with Crippen LogP contribution < -0.4 is 4.31 Å². The Kier molecular flexibility index (Phi) is 7.24. The van der Waals surface area contributed by atoms with Crippen LogP contribution in [0.2, 0.25) is 0 Å². The molecule has 5 heteroatoms. The molecule has 0 saturated carbocycles. The third-order valence-electron chi connectivity index (χ3n) is 5.60. The first-order valence-electron chi connectivity index (χ1n) is 11.3. The van der Waals surface area contributed by atoms with E-state index in [2.05, 4.69) is 43.1 Å². The molecule has 4 aromatic carbocycles. The molecule has 0 radical (unpaired) electrons. The van der Waals surface area contributed by atoms with Gasteiger partial charge in [0, 0.05) is 6.21 Å². The zero-order valence-electron chi connectivity index (χ0n) is 19.4. The second-order valence-corrected chi connectivity index (χ2v) is 10.3. The summed E-state index contributed by atoms with van der Waals surface area (Å²) in [7, 11) is -3.74. The number of hydrogen-bond donors (Lipinski definition) is 0. The lowest BCUT2D eigenvalue weighted by Gasteiger charge is -2.25. The van der Waals surface area contributed by atoms with Gasteiger partial charge in [-0.15, -0.1) is 0 Å². The lowest BCUT2D eigenvalue weighted by atomic mass is 10.0. The van der Waals surface area contributed by atoms with Gasteiger partial charge in [0.2, 0.25) is 0 Å². The molecule has 0 aliphatic carbocycles. The number of sulfonamides is 1. The highest BCUT2D eigenvalue weighted by molar-refractivity contribution is 7.92. The highest BCUT2D eigenvalue weighted by Gasteiger charge is 2.25. The van der Waals surface area contributed by atoms with Gasteiger partial charge in [-0.1, -0.05) is 86.6 Å². The Morgan fingerprint density at radius 3 is 1.94 bits per heavy atom. The van der Waals surface area contributed by atoms with Gasteiger partial charge in [-0.2, -0.15) is 0 Å². The molecule has 4 aromatic rings. The summed E-state index contributed by atoms with van der Waals surface area (Å²) in [6.45, 7) is 4.58. The van der Waals surface area contributed by atoms with Crippen molar-refractivity contribution < 1.29 is 8.42 Å². The molecule has 0 aliphatic rings. The average Bonchev–Trinajstić information content (AvgIpc) is 2.88. The molecule has 4 nitrogen and oxygen atoms in total. The summed E-state index contributed by atoms with van der Waals surface area (Å²) in [5.74, 6) is 0.490. The smallest absolute Gasteiger partial charge is 0.262 e. The minimum absolute atomic E-state index is 0.239. The van der Waals surface area contributed by atoms with Crippen LogP contribution in [0, 0.1) is 0 Å². The molecule has 0 saturated heterocycles. The quantitative estimate of drug-likeness (QED) is 0.263. The van der Waals surface area contributed by atoms with Crippen LogP contribution >= 0.6 is 0 Å². The van der Waals surface area contributed by atoms with Crippen molar-refractivity contribution in [1.29, 1.82) is 0 Å². The molecule has 0 bridgehead atoms. The first-order chi connectivity index (χ1) is 16.4. The predicted octanol–water partition coefficient (Wildman–Crippen LogP) is 6.96. The standard InChI is InChI=1S/C29H28N2O2S/c1-23(2)26-15-13-24(14-16-26)21-30-27-17-19-28(20-18-27)31(22-25-9-5-3-6-10-25)34(32,33)29-11-7-4-8-12-29/h3-21,23H,22H2,1-2H3. The van der Waals surface area contributed by atoms with Gasteiger partial charge in [-0.25, -0.2) is 8.42 Å². The van der Waals surface area contributed by atoms with Crippen molar-refractivity contribution in [2.24, 2.45) is 4.99 Å². The second kappa shape index (κ2) is 10.5. The van der Waals surface area contributed by atoms with E-state index in [0.29, 0.717) is 11.6 Å². The number of aliphatic imine (C=N–C) groups is 1. The zero-order valence-corrected chi connectivity index (χ0v) is 20.2. The first-order valence-corrected chi connectivity index (χ1v) is 12.7. The molecule has 0 unspecified atom stereocenters. The summed E-state index contributed by atoms with van der Waals surface area (Å²) in [6, 6.07) is 33.8. The summed E-state index contributed by atoms with van der Waals surface area (Å²) < 4.78 is 28.4. The lowest BCUT2D eigenvalue weighted by molar-refractivity contribution is 0.590. The molecule has 0 N–H and O–H groups in total. The van der Waals surface area contributed by atoms with Crippen LogP contribution in [0.3, 0.4) is 0 Å². The monoisotopic (exact) mass is 468 g/mol. The van der Waals surface area contributed by atoms with E-state index in [1.807, 2.05) is 54.7 Å². The van der Waals surface area contributed by atoms with Crippen molar-refractivity contribution in [1.82, 2.24) is 0 Å². The van der Waals surface area contributed by atoms with Gasteiger partial charge < -0.3 is 0 Å². The maximum Gasteiger partial charge on any atom is 0.264 e. The Morgan fingerprint density at radius 1 is 0.765 bits per heavy atom. The summed E-state index contributed by atoms with van der Waals surface area (Å²) in [6.07, 6.45) is 1.82. The van der Waals surface area contributed by atoms with Gasteiger partial charge in [0.25, 0.3) is 10.0 Å². The van der Waals surface area contributed by atoms with E-state index in [-0.39, 0.29) is 11.4 Å². The maximum atomic E-state index is 13.5. The van der Waals surface area contributed by atoms with Crippen molar-refractivity contribution in [3.63, 3.8) is 0 Å². The summed E-state index contributed by atoms with van der Waals surface area (Å²) in [5.41, 5.74) is 4.57. The Morgan fingerprint density at radius 2 is 1.35 bits per heavy atom. The van der Waals surface area contributed by atoms with E-state index in [1.54, 1.807) is 36.4 Å². The fourth-order valence-corrected chi connectivity index (χ4v) is 5.08. The normalized spacial score (nSPS) is 11.7. The summed E-state index contributed by atoms with van der Waals surface area (Å²) in [5, 5.41) is 0. The van der Waals surface area contributed by atoms with Crippen LogP contribution in [0.5, 0.6) is 0 Å².